The van der Waals surface area contributed by atoms with Crippen LogP contribution in [-0.4, -0.2) is 22.6 Å². The van der Waals surface area contributed by atoms with Crippen molar-refractivity contribution in [1.82, 2.24) is 0 Å². The number of hydrogen-bond acceptors (Lipinski definition) is 3. The molecule has 0 unspecified atom stereocenters. The largest absolute Gasteiger partial charge is 0.481 e. The molecule has 1 N–H and O–H groups in total. The second-order valence-electron chi connectivity index (χ2n) is 11.3. The Kier molecular flexibility index (Phi) is 5.51. The molecule has 0 saturated heterocycles. The van der Waals surface area contributed by atoms with E-state index in [0.717, 1.165) is 44.1 Å². The summed E-state index contributed by atoms with van der Waals surface area (Å²) in [5.74, 6) is 1.79. The molecule has 166 valence electrons. The van der Waals surface area contributed by atoms with E-state index in [1.165, 1.54) is 0 Å². The Morgan fingerprint density at radius 2 is 1.83 bits per heavy atom. The highest BCUT2D eigenvalue weighted by Gasteiger charge is 2.64. The second-order valence-corrected chi connectivity index (χ2v) is 11.3. The number of allylic oxidation sites excluding steroid dienone is 2. The van der Waals surface area contributed by atoms with Crippen LogP contribution >= 0.6 is 0 Å². The van der Waals surface area contributed by atoms with E-state index in [1.54, 1.807) is 0 Å². The smallest absolute Gasteiger partial charge is 0.303 e. The molecular weight excluding hydrogens is 376 g/mol. The number of aliphatic carboxylic acids is 1. The van der Waals surface area contributed by atoms with Crippen molar-refractivity contribution in [1.29, 1.82) is 0 Å². The molecule has 4 heteroatoms. The minimum atomic E-state index is -0.712. The predicted molar refractivity (Wildman–Crippen MR) is 116 cm³/mol. The molecule has 0 spiro atoms. The highest BCUT2D eigenvalue weighted by Crippen LogP contribution is 2.68. The summed E-state index contributed by atoms with van der Waals surface area (Å²) in [7, 11) is 0. The first-order chi connectivity index (χ1) is 14.1. The van der Waals surface area contributed by atoms with Gasteiger partial charge in [-0.3, -0.25) is 14.4 Å². The van der Waals surface area contributed by atoms with E-state index in [9.17, 15) is 14.4 Å². The molecule has 4 nitrogen and oxygen atoms in total. The normalized spacial score (nSPS) is 45.6. The molecule has 8 atom stereocenters. The first-order valence-corrected chi connectivity index (χ1v) is 12.1. The lowest BCUT2D eigenvalue weighted by molar-refractivity contribution is -0.149. The number of carbonyl (C=O) groups is 3. The fourth-order valence-corrected chi connectivity index (χ4v) is 8.54. The van der Waals surface area contributed by atoms with Crippen molar-refractivity contribution in [2.24, 2.45) is 46.3 Å². The maximum Gasteiger partial charge on any atom is 0.303 e. The van der Waals surface area contributed by atoms with E-state index >= 15 is 0 Å². The fraction of sp³-hybridized carbons (Fsp3) is 0.808. The number of rotatable bonds is 4. The van der Waals surface area contributed by atoms with E-state index in [2.05, 4.69) is 20.8 Å². The first kappa shape index (κ1) is 21.8. The van der Waals surface area contributed by atoms with E-state index in [4.69, 9.17) is 5.11 Å². The molecule has 0 aromatic heterocycles. The number of Topliss-reactive ketones (excluding diaryl/α,β-unsaturated/α-hetero) is 2. The molecule has 0 radical (unpaired) electrons. The number of carbonyl (C=O) groups excluding carboxylic acids is 2. The summed E-state index contributed by atoms with van der Waals surface area (Å²) in [6, 6.07) is 0. The van der Waals surface area contributed by atoms with Crippen LogP contribution in [0, 0.1) is 46.3 Å². The van der Waals surface area contributed by atoms with Crippen molar-refractivity contribution in [2.75, 3.05) is 0 Å². The van der Waals surface area contributed by atoms with Crippen LogP contribution in [0.15, 0.2) is 11.6 Å². The summed E-state index contributed by atoms with van der Waals surface area (Å²) in [5, 5.41) is 9.13. The Morgan fingerprint density at radius 1 is 1.13 bits per heavy atom. The molecule has 4 saturated carbocycles. The van der Waals surface area contributed by atoms with Crippen molar-refractivity contribution in [3.63, 3.8) is 0 Å². The van der Waals surface area contributed by atoms with E-state index in [-0.39, 0.29) is 29.1 Å². The van der Waals surface area contributed by atoms with Crippen molar-refractivity contribution < 1.29 is 19.5 Å². The van der Waals surface area contributed by atoms with Gasteiger partial charge in [-0.25, -0.2) is 0 Å². The molecule has 30 heavy (non-hydrogen) atoms. The Labute approximate surface area is 180 Å². The van der Waals surface area contributed by atoms with Crippen LogP contribution < -0.4 is 0 Å². The number of carboxylic acid groups (broad SMARTS) is 1. The molecule has 0 aliphatic heterocycles. The lowest BCUT2D eigenvalue weighted by atomic mass is 9.43. The van der Waals surface area contributed by atoms with Gasteiger partial charge >= 0.3 is 5.97 Å². The molecule has 0 aromatic carbocycles. The molecular formula is C26H38O4. The van der Waals surface area contributed by atoms with E-state index in [1.807, 2.05) is 13.0 Å². The molecule has 0 bridgehead atoms. The third-order valence-corrected chi connectivity index (χ3v) is 10.1. The van der Waals surface area contributed by atoms with Crippen LogP contribution in [0.25, 0.3) is 0 Å². The van der Waals surface area contributed by atoms with Crippen LogP contribution in [-0.2, 0) is 14.4 Å². The Balaban J connectivity index is 1.65. The monoisotopic (exact) mass is 414 g/mol. The maximum absolute atomic E-state index is 13.8. The van der Waals surface area contributed by atoms with Gasteiger partial charge in [0.1, 0.15) is 5.78 Å². The zero-order valence-electron chi connectivity index (χ0n) is 19.1. The third-order valence-electron chi connectivity index (χ3n) is 10.1. The quantitative estimate of drug-likeness (QED) is 0.621. The Bertz CT molecular complexity index is 782. The maximum atomic E-state index is 13.8. The number of fused-ring (bicyclic) bond motifs is 5. The van der Waals surface area contributed by atoms with Crippen LogP contribution in [0.3, 0.4) is 0 Å². The van der Waals surface area contributed by atoms with Crippen LogP contribution in [0.5, 0.6) is 0 Å². The lowest BCUT2D eigenvalue weighted by Gasteiger charge is -2.60. The molecule has 4 fully saturated rings. The van der Waals surface area contributed by atoms with Gasteiger partial charge in [0.05, 0.1) is 0 Å². The van der Waals surface area contributed by atoms with Crippen molar-refractivity contribution >= 4 is 17.5 Å². The standard InChI is InChI=1S/C26H38O4/c1-5-17-21-14-16(27)10-12-26(21,4)20-11-13-25(3)18(15(2)6-9-22(28)29)7-8-19(25)23(20)24(17)30/h5,15,18-21,23H,6-14H2,1-4H3,(H,28,29)/b17-5+/t15-,18-,19+,20+,21+,23+,25-,26-/m1/s1. The fourth-order valence-electron chi connectivity index (χ4n) is 8.54. The minimum absolute atomic E-state index is 0.0582. The summed E-state index contributed by atoms with van der Waals surface area (Å²) in [5.41, 5.74) is 1.11. The number of ketones is 2. The number of hydrogen-bond donors (Lipinski definition) is 1. The Hall–Kier alpha value is -1.45. The van der Waals surface area contributed by atoms with E-state index in [0.29, 0.717) is 48.1 Å². The van der Waals surface area contributed by atoms with Crippen molar-refractivity contribution in [3.8, 4) is 0 Å². The highest BCUT2D eigenvalue weighted by molar-refractivity contribution is 6.00. The van der Waals surface area contributed by atoms with Gasteiger partial charge in [0.25, 0.3) is 0 Å². The van der Waals surface area contributed by atoms with Gasteiger partial charge in [0.2, 0.25) is 0 Å². The van der Waals surface area contributed by atoms with Gasteiger partial charge in [-0.05, 0) is 91.4 Å². The summed E-state index contributed by atoms with van der Waals surface area (Å²) >= 11 is 0. The van der Waals surface area contributed by atoms with E-state index < -0.39 is 5.97 Å². The molecule has 4 aliphatic rings. The van der Waals surface area contributed by atoms with Gasteiger partial charge in [-0.1, -0.05) is 26.8 Å². The number of carboxylic acids is 1. The predicted octanol–water partition coefficient (Wildman–Crippen LogP) is 5.45. The molecule has 0 amide bonds. The van der Waals surface area contributed by atoms with Gasteiger partial charge in [-0.15, -0.1) is 0 Å². The van der Waals surface area contributed by atoms with Crippen molar-refractivity contribution in [3.05, 3.63) is 11.6 Å². The molecule has 4 aliphatic carbocycles. The summed E-state index contributed by atoms with van der Waals surface area (Å²) < 4.78 is 0. The average molecular weight is 415 g/mol. The van der Waals surface area contributed by atoms with Gasteiger partial charge in [-0.2, -0.15) is 0 Å². The highest BCUT2D eigenvalue weighted by atomic mass is 16.4. The molecule has 0 heterocycles. The van der Waals surface area contributed by atoms with Crippen molar-refractivity contribution in [2.45, 2.75) is 85.5 Å². The van der Waals surface area contributed by atoms with Crippen LogP contribution in [0.4, 0.5) is 0 Å². The lowest BCUT2D eigenvalue weighted by Crippen LogP contribution is -2.58. The third kappa shape index (κ3) is 3.12. The molecule has 4 rings (SSSR count). The zero-order valence-corrected chi connectivity index (χ0v) is 19.1. The average Bonchev–Trinajstić information content (AvgIpc) is 3.05. The SMILES string of the molecule is C/C=C1/C(=O)[C@@H]2[C@H](CC[C@]3(C)[C@@H]([C@H](C)CCC(=O)O)CC[C@@H]23)[C@@]2(C)CCC(=O)C[C@@H]12. The summed E-state index contributed by atoms with van der Waals surface area (Å²) in [6.07, 6.45) is 9.51. The molecule has 0 aromatic rings. The van der Waals surface area contributed by atoms with Crippen LogP contribution in [0.2, 0.25) is 0 Å². The van der Waals surface area contributed by atoms with Gasteiger partial charge in [0, 0.05) is 25.2 Å². The van der Waals surface area contributed by atoms with Gasteiger partial charge in [0.15, 0.2) is 5.78 Å². The summed E-state index contributed by atoms with van der Waals surface area (Å²) in [6.45, 7) is 8.95. The summed E-state index contributed by atoms with van der Waals surface area (Å²) in [4.78, 5) is 37.2. The van der Waals surface area contributed by atoms with Crippen LogP contribution in [0.1, 0.15) is 85.5 Å². The van der Waals surface area contributed by atoms with Gasteiger partial charge < -0.3 is 5.11 Å². The Morgan fingerprint density at radius 3 is 2.50 bits per heavy atom. The first-order valence-electron chi connectivity index (χ1n) is 12.1. The minimum Gasteiger partial charge on any atom is -0.481 e. The zero-order chi connectivity index (χ0) is 21.8. The second kappa shape index (κ2) is 7.60. The topological polar surface area (TPSA) is 71.4 Å².